The number of amidine groups is 1. The molecule has 2 N–H and O–H groups in total. The van der Waals surface area contributed by atoms with E-state index in [1.165, 1.54) is 6.07 Å². The lowest BCUT2D eigenvalue weighted by atomic mass is 9.94. The first-order valence-electron chi connectivity index (χ1n) is 9.92. The summed E-state index contributed by atoms with van der Waals surface area (Å²) < 4.78 is 44.7. The summed E-state index contributed by atoms with van der Waals surface area (Å²) in [6, 6.07) is 1.45. The average molecular weight is 423 g/mol. The molecule has 0 spiro atoms. The largest absolute Gasteiger partial charge is 0.484 e. The zero-order chi connectivity index (χ0) is 21.5. The number of nitrogens with two attached hydrogens (primary N) is 1. The number of tetrazole rings is 1. The van der Waals surface area contributed by atoms with E-state index in [-0.39, 0.29) is 23.2 Å². The highest BCUT2D eigenvalue weighted by Gasteiger charge is 2.39. The Morgan fingerprint density at radius 3 is 2.60 bits per heavy atom. The molecule has 1 unspecified atom stereocenters. The van der Waals surface area contributed by atoms with Crippen molar-refractivity contribution in [1.29, 1.82) is 0 Å². The number of alkyl halides is 3. The second kappa shape index (κ2) is 7.51. The Balaban J connectivity index is 1.65. The van der Waals surface area contributed by atoms with Gasteiger partial charge in [-0.2, -0.15) is 13.2 Å². The summed E-state index contributed by atoms with van der Waals surface area (Å²) in [5, 5.41) is 11.7. The van der Waals surface area contributed by atoms with Crippen LogP contribution in [0.5, 0.6) is 5.75 Å². The summed E-state index contributed by atoms with van der Waals surface area (Å²) in [7, 11) is 1.73. The van der Waals surface area contributed by atoms with Crippen LogP contribution in [0.3, 0.4) is 0 Å². The van der Waals surface area contributed by atoms with Crippen LogP contribution in [-0.4, -0.2) is 43.8 Å². The van der Waals surface area contributed by atoms with Gasteiger partial charge in [0.15, 0.2) is 12.4 Å². The Kier molecular flexibility index (Phi) is 5.15. The minimum Gasteiger partial charge on any atom is -0.484 e. The summed E-state index contributed by atoms with van der Waals surface area (Å²) in [5.41, 5.74) is 6.43. The van der Waals surface area contributed by atoms with Gasteiger partial charge in [0.05, 0.1) is 0 Å². The second-order valence-corrected chi connectivity index (χ2v) is 8.33. The molecule has 2 fully saturated rings. The number of nitrogens with zero attached hydrogens (tertiary/aromatic N) is 6. The van der Waals surface area contributed by atoms with Gasteiger partial charge in [-0.15, -0.1) is 5.10 Å². The quantitative estimate of drug-likeness (QED) is 0.517. The minimum atomic E-state index is -4.43. The predicted octanol–water partition coefficient (Wildman–Crippen LogP) is 2.84. The van der Waals surface area contributed by atoms with Crippen LogP contribution >= 0.6 is 0 Å². The van der Waals surface area contributed by atoms with Gasteiger partial charge in [0.25, 0.3) is 0 Å². The molecule has 0 amide bonds. The molecular weight excluding hydrogens is 399 g/mol. The molecule has 0 bridgehead atoms. The lowest BCUT2D eigenvalue weighted by Crippen LogP contribution is -2.30. The monoisotopic (exact) mass is 423 g/mol. The zero-order valence-electron chi connectivity index (χ0n) is 16.9. The Labute approximate surface area is 171 Å². The van der Waals surface area contributed by atoms with Crippen molar-refractivity contribution in [3.63, 3.8) is 0 Å². The molecule has 8 nitrogen and oxygen atoms in total. The van der Waals surface area contributed by atoms with Crippen LogP contribution < -0.4 is 10.5 Å². The van der Waals surface area contributed by atoms with Crippen LogP contribution in [0.1, 0.15) is 62.0 Å². The van der Waals surface area contributed by atoms with E-state index >= 15 is 0 Å². The summed E-state index contributed by atoms with van der Waals surface area (Å²) in [5.74, 6) is 1.53. The van der Waals surface area contributed by atoms with Crippen molar-refractivity contribution in [2.45, 2.75) is 56.7 Å². The van der Waals surface area contributed by atoms with Gasteiger partial charge in [0.2, 0.25) is 0 Å². The molecular formula is C19H24F3N7O. The van der Waals surface area contributed by atoms with Crippen molar-refractivity contribution < 1.29 is 17.9 Å². The number of hydrogen-bond acceptors (Lipinski definition) is 6. The molecule has 2 aromatic heterocycles. The fourth-order valence-corrected chi connectivity index (χ4v) is 3.65. The molecule has 2 aliphatic carbocycles. The van der Waals surface area contributed by atoms with Crippen molar-refractivity contribution in [3.8, 4) is 5.75 Å². The zero-order valence-corrected chi connectivity index (χ0v) is 16.9. The van der Waals surface area contributed by atoms with E-state index in [1.807, 2.05) is 6.92 Å². The van der Waals surface area contributed by atoms with Crippen molar-refractivity contribution in [3.05, 3.63) is 29.3 Å². The molecule has 0 radical (unpaired) electrons. The molecule has 0 saturated heterocycles. The Hall–Kier alpha value is -2.72. The third-order valence-corrected chi connectivity index (χ3v) is 5.42. The van der Waals surface area contributed by atoms with Crippen molar-refractivity contribution in [1.82, 2.24) is 25.2 Å². The lowest BCUT2D eigenvalue weighted by molar-refractivity contribution is -0.153. The maximum atomic E-state index is 12.7. The van der Waals surface area contributed by atoms with Gasteiger partial charge in [0, 0.05) is 24.9 Å². The minimum absolute atomic E-state index is 0.111. The van der Waals surface area contributed by atoms with Crippen LogP contribution in [0.25, 0.3) is 0 Å². The number of halogens is 3. The van der Waals surface area contributed by atoms with Gasteiger partial charge in [-0.25, -0.2) is 4.68 Å². The molecule has 2 heterocycles. The van der Waals surface area contributed by atoms with Crippen LogP contribution in [0.2, 0.25) is 0 Å². The number of hydrogen-bond donors (Lipinski definition) is 1. The number of aromatic nitrogens is 5. The fourth-order valence-electron chi connectivity index (χ4n) is 3.65. The van der Waals surface area contributed by atoms with Gasteiger partial charge in [0.1, 0.15) is 22.8 Å². The normalized spacial score (nSPS) is 19.6. The lowest BCUT2D eigenvalue weighted by Gasteiger charge is -2.24. The van der Waals surface area contributed by atoms with Gasteiger partial charge in [-0.3, -0.25) is 9.98 Å². The number of aryl methyl sites for hydroxylation is 1. The van der Waals surface area contributed by atoms with E-state index in [9.17, 15) is 13.2 Å². The van der Waals surface area contributed by atoms with E-state index in [4.69, 9.17) is 15.5 Å². The van der Waals surface area contributed by atoms with Gasteiger partial charge < -0.3 is 10.5 Å². The number of ether oxygens (including phenoxy) is 1. The molecule has 1 atom stereocenters. The average Bonchev–Trinajstić information content (AvgIpc) is 3.59. The van der Waals surface area contributed by atoms with Crippen LogP contribution in [0, 0.1) is 5.92 Å². The first kappa shape index (κ1) is 20.5. The molecule has 2 aromatic rings. The Morgan fingerprint density at radius 2 is 2.03 bits per heavy atom. The molecule has 0 aromatic carbocycles. The first-order chi connectivity index (χ1) is 14.1. The summed E-state index contributed by atoms with van der Waals surface area (Å²) >= 11 is 0. The molecule has 30 heavy (non-hydrogen) atoms. The molecule has 2 aliphatic rings. The van der Waals surface area contributed by atoms with Crippen LogP contribution in [-0.2, 0) is 12.6 Å². The molecule has 4 rings (SSSR count). The number of pyridine rings is 1. The maximum absolute atomic E-state index is 12.7. The number of aliphatic imine (C=N–C) groups is 1. The van der Waals surface area contributed by atoms with Gasteiger partial charge in [-0.1, -0.05) is 12.8 Å². The SMILES string of the molecule is Cn1nnnc1C(C)(CC1CC1)N=C(N)c1cc(OCC(F)(F)F)c(C2CC2)cn1. The summed E-state index contributed by atoms with van der Waals surface area (Å²) in [6.07, 6.45) is 1.88. The predicted molar refractivity (Wildman–Crippen MR) is 102 cm³/mol. The second-order valence-electron chi connectivity index (χ2n) is 8.33. The highest BCUT2D eigenvalue weighted by Crippen LogP contribution is 2.45. The molecule has 162 valence electrons. The maximum Gasteiger partial charge on any atom is 0.422 e. The highest BCUT2D eigenvalue weighted by atomic mass is 19.4. The summed E-state index contributed by atoms with van der Waals surface area (Å²) in [4.78, 5) is 9.05. The third kappa shape index (κ3) is 4.71. The van der Waals surface area contributed by atoms with E-state index in [0.717, 1.165) is 32.1 Å². The molecule has 2 saturated carbocycles. The standard InChI is InChI=1S/C19H24F3N7O/c1-18(8-11-3-4-11,17-26-27-28-29(17)2)25-16(23)14-7-15(30-10-19(20,21)22)13(9-24-14)12-5-6-12/h7,9,11-12H,3-6,8,10H2,1-2H3,(H2,23,25). The van der Waals surface area contributed by atoms with Crippen molar-refractivity contribution in [2.24, 2.45) is 23.7 Å². The van der Waals surface area contributed by atoms with Crippen molar-refractivity contribution in [2.75, 3.05) is 6.61 Å². The Bertz CT molecular complexity index is 950. The summed E-state index contributed by atoms with van der Waals surface area (Å²) in [6.45, 7) is 0.542. The fraction of sp³-hybridized carbons (Fsp3) is 0.632. The Morgan fingerprint density at radius 1 is 1.30 bits per heavy atom. The van der Waals surface area contributed by atoms with Gasteiger partial charge >= 0.3 is 6.18 Å². The number of rotatable bonds is 8. The van der Waals surface area contributed by atoms with E-state index < -0.39 is 18.3 Å². The highest BCUT2D eigenvalue weighted by molar-refractivity contribution is 5.96. The van der Waals surface area contributed by atoms with Crippen molar-refractivity contribution >= 4 is 5.84 Å². The first-order valence-corrected chi connectivity index (χ1v) is 9.92. The van der Waals surface area contributed by atoms with E-state index in [2.05, 4.69) is 20.5 Å². The molecule has 11 heteroatoms. The van der Waals surface area contributed by atoms with Crippen LogP contribution in [0.15, 0.2) is 17.3 Å². The smallest absolute Gasteiger partial charge is 0.422 e. The topological polar surface area (TPSA) is 104 Å². The van der Waals surface area contributed by atoms with E-state index in [0.29, 0.717) is 17.3 Å². The molecule has 0 aliphatic heterocycles. The van der Waals surface area contributed by atoms with Gasteiger partial charge in [-0.05, 0) is 48.4 Å². The third-order valence-electron chi connectivity index (χ3n) is 5.42. The van der Waals surface area contributed by atoms with Crippen LogP contribution in [0.4, 0.5) is 13.2 Å². The van der Waals surface area contributed by atoms with E-state index in [1.54, 1.807) is 17.9 Å².